The number of nitrogens with zero attached hydrogens (tertiary/aromatic N) is 2. The minimum Gasteiger partial charge on any atom is -0.356 e. The predicted molar refractivity (Wildman–Crippen MR) is 99.5 cm³/mol. The minimum absolute atomic E-state index is 0.0638. The molecule has 1 atom stereocenters. The zero-order chi connectivity index (χ0) is 16.9. The molecule has 3 aromatic rings. The van der Waals surface area contributed by atoms with E-state index in [-0.39, 0.29) is 11.9 Å². The van der Waals surface area contributed by atoms with E-state index in [0.29, 0.717) is 11.1 Å². The molecule has 0 aliphatic carbocycles. The average Bonchev–Trinajstić information content (AvgIpc) is 3.10. The standard InChI is InChI=1S/C17H15FN4S2/c1-11(12-4-6-13(18)7-5-12)20-17(23)22-16-19-9-8-14(21-16)15-3-2-10-24-15/h2-11H,1H3,(H2,19,20,21,22,23)/t11-/m0/s1. The highest BCUT2D eigenvalue weighted by Crippen LogP contribution is 2.22. The van der Waals surface area contributed by atoms with Gasteiger partial charge < -0.3 is 10.6 Å². The Bertz CT molecular complexity index is 819. The first-order chi connectivity index (χ1) is 11.6. The molecule has 0 unspecified atom stereocenters. The smallest absolute Gasteiger partial charge is 0.229 e. The van der Waals surface area contributed by atoms with Crippen molar-refractivity contribution in [3.8, 4) is 10.6 Å². The van der Waals surface area contributed by atoms with Gasteiger partial charge in [-0.15, -0.1) is 11.3 Å². The molecule has 0 fully saturated rings. The van der Waals surface area contributed by atoms with Gasteiger partial charge in [0.25, 0.3) is 0 Å². The Morgan fingerprint density at radius 3 is 2.71 bits per heavy atom. The maximum Gasteiger partial charge on any atom is 0.229 e. The van der Waals surface area contributed by atoms with Crippen LogP contribution in [0.15, 0.2) is 54.0 Å². The Morgan fingerprint density at radius 1 is 1.21 bits per heavy atom. The molecule has 7 heteroatoms. The molecule has 2 N–H and O–H groups in total. The SMILES string of the molecule is C[C@H](NC(=S)Nc1nccc(-c2cccs2)n1)c1ccc(F)cc1. The summed E-state index contributed by atoms with van der Waals surface area (Å²) in [6.07, 6.45) is 1.69. The number of aromatic nitrogens is 2. The second-order valence-corrected chi connectivity index (χ2v) is 6.47. The fraction of sp³-hybridized carbons (Fsp3) is 0.118. The molecule has 24 heavy (non-hydrogen) atoms. The van der Waals surface area contributed by atoms with Gasteiger partial charge in [-0.05, 0) is 54.4 Å². The first-order valence-electron chi connectivity index (χ1n) is 7.32. The van der Waals surface area contributed by atoms with E-state index in [2.05, 4.69) is 20.6 Å². The van der Waals surface area contributed by atoms with Crippen molar-refractivity contribution < 1.29 is 4.39 Å². The van der Waals surface area contributed by atoms with Crippen molar-refractivity contribution in [2.45, 2.75) is 13.0 Å². The highest BCUT2D eigenvalue weighted by molar-refractivity contribution is 7.80. The Labute approximate surface area is 148 Å². The molecule has 2 heterocycles. The third-order valence-corrected chi connectivity index (χ3v) is 4.48. The number of thiocarbonyl (C=S) groups is 1. The van der Waals surface area contributed by atoms with Gasteiger partial charge in [0.15, 0.2) is 5.11 Å². The molecule has 122 valence electrons. The fourth-order valence-electron chi connectivity index (χ4n) is 2.15. The summed E-state index contributed by atoms with van der Waals surface area (Å²) in [4.78, 5) is 9.71. The Hall–Kier alpha value is -2.38. The van der Waals surface area contributed by atoms with Crippen molar-refractivity contribution in [2.24, 2.45) is 0 Å². The topological polar surface area (TPSA) is 49.8 Å². The molecule has 0 saturated heterocycles. The van der Waals surface area contributed by atoms with Crippen LogP contribution in [0.25, 0.3) is 10.6 Å². The van der Waals surface area contributed by atoms with Crippen molar-refractivity contribution >= 4 is 34.6 Å². The first-order valence-corrected chi connectivity index (χ1v) is 8.60. The van der Waals surface area contributed by atoms with Gasteiger partial charge in [0.2, 0.25) is 5.95 Å². The highest BCUT2D eigenvalue weighted by atomic mass is 32.1. The number of halogens is 1. The lowest BCUT2D eigenvalue weighted by Crippen LogP contribution is -2.31. The van der Waals surface area contributed by atoms with Gasteiger partial charge in [0, 0.05) is 6.20 Å². The summed E-state index contributed by atoms with van der Waals surface area (Å²) in [5.74, 6) is 0.176. The molecule has 0 aliphatic rings. The normalized spacial score (nSPS) is 11.8. The molecule has 1 aromatic carbocycles. The van der Waals surface area contributed by atoms with Gasteiger partial charge in [-0.25, -0.2) is 14.4 Å². The van der Waals surface area contributed by atoms with E-state index in [9.17, 15) is 4.39 Å². The van der Waals surface area contributed by atoms with Crippen LogP contribution in [0.5, 0.6) is 0 Å². The molecule has 2 aromatic heterocycles. The second kappa shape index (κ2) is 7.46. The molecule has 0 radical (unpaired) electrons. The van der Waals surface area contributed by atoms with Crippen molar-refractivity contribution in [1.82, 2.24) is 15.3 Å². The van der Waals surface area contributed by atoms with Gasteiger partial charge in [0.05, 0.1) is 16.6 Å². The van der Waals surface area contributed by atoms with Crippen LogP contribution in [-0.4, -0.2) is 15.1 Å². The summed E-state index contributed by atoms with van der Waals surface area (Å²) in [7, 11) is 0. The summed E-state index contributed by atoms with van der Waals surface area (Å²) in [5, 5.41) is 8.54. The molecule has 0 saturated carbocycles. The molecule has 4 nitrogen and oxygen atoms in total. The summed E-state index contributed by atoms with van der Waals surface area (Å²) in [5.41, 5.74) is 1.78. The lowest BCUT2D eigenvalue weighted by atomic mass is 10.1. The number of thiophene rings is 1. The summed E-state index contributed by atoms with van der Waals surface area (Å²) in [6.45, 7) is 1.95. The van der Waals surface area contributed by atoms with E-state index in [0.717, 1.165) is 16.1 Å². The number of hydrogen-bond donors (Lipinski definition) is 2. The zero-order valence-corrected chi connectivity index (χ0v) is 14.5. The maximum atomic E-state index is 13.0. The number of rotatable bonds is 4. The second-order valence-electron chi connectivity index (χ2n) is 5.11. The molecule has 0 amide bonds. The van der Waals surface area contributed by atoms with E-state index in [4.69, 9.17) is 12.2 Å². The predicted octanol–water partition coefficient (Wildman–Crippen LogP) is 4.39. The van der Waals surface area contributed by atoms with E-state index in [1.807, 2.05) is 30.5 Å². The third kappa shape index (κ3) is 4.12. The largest absolute Gasteiger partial charge is 0.356 e. The van der Waals surface area contributed by atoms with Gasteiger partial charge in [0.1, 0.15) is 5.82 Å². The van der Waals surface area contributed by atoms with E-state index in [1.54, 1.807) is 29.7 Å². The molecule has 0 aliphatic heterocycles. The van der Waals surface area contributed by atoms with Gasteiger partial charge in [-0.3, -0.25) is 0 Å². The Morgan fingerprint density at radius 2 is 2.00 bits per heavy atom. The van der Waals surface area contributed by atoms with Crippen molar-refractivity contribution in [3.05, 3.63) is 65.4 Å². The quantitative estimate of drug-likeness (QED) is 0.677. The highest BCUT2D eigenvalue weighted by Gasteiger charge is 2.09. The monoisotopic (exact) mass is 358 g/mol. The third-order valence-electron chi connectivity index (χ3n) is 3.37. The number of benzene rings is 1. The van der Waals surface area contributed by atoms with Crippen LogP contribution in [0, 0.1) is 5.82 Å². The number of hydrogen-bond acceptors (Lipinski definition) is 4. The van der Waals surface area contributed by atoms with E-state index < -0.39 is 0 Å². The van der Waals surface area contributed by atoms with Gasteiger partial charge in [-0.1, -0.05) is 18.2 Å². The summed E-state index contributed by atoms with van der Waals surface area (Å²) >= 11 is 6.92. The maximum absolute atomic E-state index is 13.0. The van der Waals surface area contributed by atoms with Crippen LogP contribution in [0.3, 0.4) is 0 Å². The Kier molecular flexibility index (Phi) is 5.12. The van der Waals surface area contributed by atoms with Crippen molar-refractivity contribution in [2.75, 3.05) is 5.32 Å². The first kappa shape index (κ1) is 16.5. The van der Waals surface area contributed by atoms with Crippen LogP contribution in [-0.2, 0) is 0 Å². The van der Waals surface area contributed by atoms with Crippen LogP contribution < -0.4 is 10.6 Å². The van der Waals surface area contributed by atoms with Crippen LogP contribution >= 0.6 is 23.6 Å². The van der Waals surface area contributed by atoms with Crippen LogP contribution in [0.2, 0.25) is 0 Å². The molecule has 0 spiro atoms. The minimum atomic E-state index is -0.259. The van der Waals surface area contributed by atoms with Gasteiger partial charge >= 0.3 is 0 Å². The average molecular weight is 358 g/mol. The Balaban J connectivity index is 1.64. The van der Waals surface area contributed by atoms with E-state index >= 15 is 0 Å². The van der Waals surface area contributed by atoms with Crippen LogP contribution in [0.1, 0.15) is 18.5 Å². The lowest BCUT2D eigenvalue weighted by Gasteiger charge is -2.16. The van der Waals surface area contributed by atoms with E-state index in [1.165, 1.54) is 12.1 Å². The molecular formula is C17H15FN4S2. The summed E-state index contributed by atoms with van der Waals surface area (Å²) < 4.78 is 13.0. The number of nitrogens with one attached hydrogen (secondary N) is 2. The zero-order valence-electron chi connectivity index (χ0n) is 12.9. The van der Waals surface area contributed by atoms with Crippen molar-refractivity contribution in [3.63, 3.8) is 0 Å². The summed E-state index contributed by atoms with van der Waals surface area (Å²) in [6, 6.07) is 12.1. The molecule has 0 bridgehead atoms. The van der Waals surface area contributed by atoms with Crippen molar-refractivity contribution in [1.29, 1.82) is 0 Å². The molecular weight excluding hydrogens is 343 g/mol. The fourth-order valence-corrected chi connectivity index (χ4v) is 3.11. The van der Waals surface area contributed by atoms with Crippen LogP contribution in [0.4, 0.5) is 10.3 Å². The number of anilines is 1. The molecule has 3 rings (SSSR count). The lowest BCUT2D eigenvalue weighted by molar-refractivity contribution is 0.624. The van der Waals surface area contributed by atoms with Gasteiger partial charge in [-0.2, -0.15) is 0 Å².